The highest BCUT2D eigenvalue weighted by atomic mass is 16.7. The van der Waals surface area contributed by atoms with Crippen LogP contribution in [-0.4, -0.2) is 39.8 Å². The highest BCUT2D eigenvalue weighted by Gasteiger charge is 2.48. The second-order valence-electron chi connectivity index (χ2n) is 6.21. The van der Waals surface area contributed by atoms with Crippen molar-refractivity contribution in [2.75, 3.05) is 6.61 Å². The van der Waals surface area contributed by atoms with Gasteiger partial charge in [0.05, 0.1) is 12.7 Å². The van der Waals surface area contributed by atoms with Crippen molar-refractivity contribution in [3.8, 4) is 0 Å². The van der Waals surface area contributed by atoms with Gasteiger partial charge in [-0.25, -0.2) is 4.79 Å². The number of aliphatic hydroxyl groups excluding tert-OH is 2. The zero-order chi connectivity index (χ0) is 14.6. The summed E-state index contributed by atoms with van der Waals surface area (Å²) < 4.78 is 5.24. The Morgan fingerprint density at radius 3 is 2.53 bits per heavy atom. The highest BCUT2D eigenvalue weighted by Crippen LogP contribution is 2.46. The first-order chi connectivity index (χ1) is 8.80. The van der Waals surface area contributed by atoms with Gasteiger partial charge in [-0.15, -0.1) is 0 Å². The van der Waals surface area contributed by atoms with Crippen molar-refractivity contribution in [2.45, 2.75) is 58.2 Å². The predicted octanol–water partition coefficient (Wildman–Crippen LogP) is 2.26. The van der Waals surface area contributed by atoms with E-state index in [2.05, 4.69) is 6.92 Å². The Bertz CT molecular complexity index is 304. The fourth-order valence-corrected chi connectivity index (χ4v) is 3.54. The summed E-state index contributed by atoms with van der Waals surface area (Å²) in [6.45, 7) is 5.80. The van der Waals surface area contributed by atoms with E-state index in [9.17, 15) is 9.90 Å². The van der Waals surface area contributed by atoms with Crippen LogP contribution >= 0.6 is 0 Å². The molecule has 0 radical (unpaired) electrons. The molecule has 1 aliphatic rings. The summed E-state index contributed by atoms with van der Waals surface area (Å²) in [5.41, 5.74) is -0.875. The van der Waals surface area contributed by atoms with E-state index in [0.717, 1.165) is 12.8 Å². The lowest BCUT2D eigenvalue weighted by Crippen LogP contribution is -2.51. The molecule has 0 heterocycles. The van der Waals surface area contributed by atoms with Crippen molar-refractivity contribution >= 4 is 6.16 Å². The molecule has 4 atom stereocenters. The Balaban J connectivity index is 3.02. The maximum Gasteiger partial charge on any atom is 0.506 e. The summed E-state index contributed by atoms with van der Waals surface area (Å²) >= 11 is 0. The molecular formula is C14H26O5. The number of ether oxygens (including phenoxy) is 1. The number of rotatable bonds is 5. The molecule has 0 amide bonds. The lowest BCUT2D eigenvalue weighted by Gasteiger charge is -2.47. The molecule has 0 aromatic heterocycles. The van der Waals surface area contributed by atoms with E-state index in [0.29, 0.717) is 12.3 Å². The SMILES string of the molecule is CC1CCC(C(C)C)C(CC(O)CO)(OC(=O)O)C1. The van der Waals surface area contributed by atoms with E-state index < -0.39 is 17.9 Å². The standard InChI is InChI=1S/C14H26O5/c1-9(2)12-5-4-10(3)6-14(12,19-13(17)18)7-11(16)8-15/h9-12,15-16H,4-8H2,1-3H3,(H,17,18). The Hall–Kier alpha value is -0.810. The van der Waals surface area contributed by atoms with Crippen molar-refractivity contribution in [1.82, 2.24) is 0 Å². The smallest absolute Gasteiger partial charge is 0.450 e. The first-order valence-electron chi connectivity index (χ1n) is 7.01. The minimum atomic E-state index is -1.30. The van der Waals surface area contributed by atoms with Crippen molar-refractivity contribution in [1.29, 1.82) is 0 Å². The minimum Gasteiger partial charge on any atom is -0.450 e. The van der Waals surface area contributed by atoms with Crippen LogP contribution in [0.3, 0.4) is 0 Å². The molecule has 19 heavy (non-hydrogen) atoms. The van der Waals surface area contributed by atoms with Crippen LogP contribution in [0, 0.1) is 17.8 Å². The Morgan fingerprint density at radius 1 is 1.42 bits per heavy atom. The first-order valence-corrected chi connectivity index (χ1v) is 7.01. The monoisotopic (exact) mass is 274 g/mol. The lowest BCUT2D eigenvalue weighted by atomic mass is 9.65. The second kappa shape index (κ2) is 6.57. The van der Waals surface area contributed by atoms with Gasteiger partial charge in [-0.3, -0.25) is 0 Å². The van der Waals surface area contributed by atoms with Crippen LogP contribution in [0.15, 0.2) is 0 Å². The number of carbonyl (C=O) groups is 1. The van der Waals surface area contributed by atoms with Crippen LogP contribution in [0.4, 0.5) is 4.79 Å². The summed E-state index contributed by atoms with van der Waals surface area (Å²) in [5, 5.41) is 27.8. The molecule has 0 aromatic carbocycles. The minimum absolute atomic E-state index is 0.0843. The number of carboxylic acid groups (broad SMARTS) is 1. The Kier molecular flexibility index (Phi) is 5.62. The number of aliphatic hydroxyl groups is 2. The molecule has 1 rings (SSSR count). The molecule has 5 heteroatoms. The van der Waals surface area contributed by atoms with E-state index in [1.807, 2.05) is 13.8 Å². The topological polar surface area (TPSA) is 87.0 Å². The predicted molar refractivity (Wildman–Crippen MR) is 70.9 cm³/mol. The molecule has 0 bridgehead atoms. The van der Waals surface area contributed by atoms with Crippen molar-refractivity contribution in [2.24, 2.45) is 17.8 Å². The van der Waals surface area contributed by atoms with Gasteiger partial charge in [-0.1, -0.05) is 27.2 Å². The molecule has 1 fully saturated rings. The molecule has 1 saturated carbocycles. The van der Waals surface area contributed by atoms with Gasteiger partial charge in [-0.2, -0.15) is 0 Å². The Morgan fingerprint density at radius 2 is 2.05 bits per heavy atom. The van der Waals surface area contributed by atoms with E-state index in [1.54, 1.807) is 0 Å². The van der Waals surface area contributed by atoms with Crippen LogP contribution in [0.5, 0.6) is 0 Å². The maximum atomic E-state index is 11.1. The fourth-order valence-electron chi connectivity index (χ4n) is 3.54. The molecule has 1 aliphatic carbocycles. The van der Waals surface area contributed by atoms with Crippen molar-refractivity contribution in [3.63, 3.8) is 0 Å². The summed E-state index contributed by atoms with van der Waals surface area (Å²) in [7, 11) is 0. The first kappa shape index (κ1) is 16.2. The molecular weight excluding hydrogens is 248 g/mol. The van der Waals surface area contributed by atoms with E-state index in [4.69, 9.17) is 14.9 Å². The summed E-state index contributed by atoms with van der Waals surface area (Å²) in [6, 6.07) is 0. The molecule has 0 aromatic rings. The van der Waals surface area contributed by atoms with Gasteiger partial charge in [0.15, 0.2) is 0 Å². The maximum absolute atomic E-state index is 11.1. The van der Waals surface area contributed by atoms with Gasteiger partial charge in [0.2, 0.25) is 0 Å². The van der Waals surface area contributed by atoms with Crippen molar-refractivity contribution < 1.29 is 24.9 Å². The second-order valence-corrected chi connectivity index (χ2v) is 6.21. The van der Waals surface area contributed by atoms with Gasteiger partial charge in [0.25, 0.3) is 0 Å². The van der Waals surface area contributed by atoms with E-state index in [1.165, 1.54) is 0 Å². The van der Waals surface area contributed by atoms with Crippen LogP contribution in [0.1, 0.15) is 46.5 Å². The molecule has 0 aliphatic heterocycles. The van der Waals surface area contributed by atoms with Crippen LogP contribution in [0.2, 0.25) is 0 Å². The number of hydrogen-bond acceptors (Lipinski definition) is 4. The van der Waals surface area contributed by atoms with Crippen LogP contribution in [-0.2, 0) is 4.74 Å². The van der Waals surface area contributed by atoms with E-state index in [-0.39, 0.29) is 24.9 Å². The summed E-state index contributed by atoms with van der Waals surface area (Å²) in [6.07, 6.45) is 0.478. The van der Waals surface area contributed by atoms with Gasteiger partial charge >= 0.3 is 6.16 Å². The average molecular weight is 274 g/mol. The molecule has 3 N–H and O–H groups in total. The third-order valence-corrected chi connectivity index (χ3v) is 4.23. The quantitative estimate of drug-likeness (QED) is 0.669. The summed E-state index contributed by atoms with van der Waals surface area (Å²) in [5.74, 6) is 0.721. The third-order valence-electron chi connectivity index (χ3n) is 4.23. The van der Waals surface area contributed by atoms with Gasteiger partial charge in [0, 0.05) is 12.3 Å². The van der Waals surface area contributed by atoms with Crippen LogP contribution < -0.4 is 0 Å². The zero-order valence-corrected chi connectivity index (χ0v) is 12.0. The zero-order valence-electron chi connectivity index (χ0n) is 12.0. The van der Waals surface area contributed by atoms with E-state index >= 15 is 0 Å². The average Bonchev–Trinajstić information content (AvgIpc) is 2.26. The summed E-state index contributed by atoms with van der Waals surface area (Å²) in [4.78, 5) is 11.1. The normalized spacial score (nSPS) is 33.2. The van der Waals surface area contributed by atoms with Crippen molar-refractivity contribution in [3.05, 3.63) is 0 Å². The third kappa shape index (κ3) is 4.08. The van der Waals surface area contributed by atoms with Gasteiger partial charge in [0.1, 0.15) is 5.60 Å². The number of hydrogen-bond donors (Lipinski definition) is 3. The molecule has 0 saturated heterocycles. The lowest BCUT2D eigenvalue weighted by molar-refractivity contribution is -0.127. The molecule has 5 nitrogen and oxygen atoms in total. The molecule has 112 valence electrons. The Labute approximate surface area is 114 Å². The largest absolute Gasteiger partial charge is 0.506 e. The highest BCUT2D eigenvalue weighted by molar-refractivity contribution is 5.57. The van der Waals surface area contributed by atoms with Gasteiger partial charge in [-0.05, 0) is 24.7 Å². The van der Waals surface area contributed by atoms with Gasteiger partial charge < -0.3 is 20.1 Å². The van der Waals surface area contributed by atoms with Crippen LogP contribution in [0.25, 0.3) is 0 Å². The fraction of sp³-hybridized carbons (Fsp3) is 0.929. The molecule has 0 spiro atoms. The molecule has 4 unspecified atom stereocenters.